The van der Waals surface area contributed by atoms with Gasteiger partial charge in [-0.1, -0.05) is 24.3 Å². The number of benzene rings is 1. The Morgan fingerprint density at radius 2 is 2.18 bits per heavy atom. The molecular weight excluding hydrogens is 214 g/mol. The van der Waals surface area contributed by atoms with Crippen molar-refractivity contribution in [1.82, 2.24) is 4.90 Å². The Labute approximate surface area is 102 Å². The summed E-state index contributed by atoms with van der Waals surface area (Å²) >= 11 is 0. The molecule has 1 unspecified atom stereocenters. The van der Waals surface area contributed by atoms with Gasteiger partial charge in [0, 0.05) is 25.2 Å². The minimum Gasteiger partial charge on any atom is -0.384 e. The molecule has 92 valence electrons. The quantitative estimate of drug-likeness (QED) is 0.609. The van der Waals surface area contributed by atoms with Gasteiger partial charge in [-0.15, -0.1) is 0 Å². The van der Waals surface area contributed by atoms with E-state index in [-0.39, 0.29) is 5.84 Å². The van der Waals surface area contributed by atoms with Gasteiger partial charge < -0.3 is 10.5 Å². The van der Waals surface area contributed by atoms with E-state index in [0.29, 0.717) is 6.10 Å². The number of nitrogen functional groups attached to an aromatic ring is 1. The Balaban J connectivity index is 1.96. The molecule has 1 aliphatic heterocycles. The lowest BCUT2D eigenvalue weighted by atomic mass is 10.1. The lowest BCUT2D eigenvalue weighted by Gasteiger charge is -2.31. The minimum atomic E-state index is 0.122. The molecule has 1 aromatic carbocycles. The third-order valence-corrected chi connectivity index (χ3v) is 3.00. The minimum absolute atomic E-state index is 0.122. The molecule has 1 heterocycles. The number of hydrogen-bond donors (Lipinski definition) is 2. The van der Waals surface area contributed by atoms with Gasteiger partial charge in [0.1, 0.15) is 5.84 Å². The van der Waals surface area contributed by atoms with Crippen LogP contribution in [0.3, 0.4) is 0 Å². The number of rotatable bonds is 3. The molecular formula is C13H19N3O. The molecule has 0 aliphatic carbocycles. The first kappa shape index (κ1) is 12.1. The molecule has 4 heteroatoms. The maximum Gasteiger partial charge on any atom is 0.122 e. The molecule has 2 rings (SSSR count). The fourth-order valence-electron chi connectivity index (χ4n) is 2.08. The first-order chi connectivity index (χ1) is 8.15. The number of hydrogen-bond acceptors (Lipinski definition) is 3. The van der Waals surface area contributed by atoms with Crippen molar-refractivity contribution in [3.63, 3.8) is 0 Å². The smallest absolute Gasteiger partial charge is 0.122 e. The second kappa shape index (κ2) is 5.29. The van der Waals surface area contributed by atoms with Crippen LogP contribution in [0.15, 0.2) is 24.3 Å². The van der Waals surface area contributed by atoms with E-state index in [1.807, 2.05) is 24.3 Å². The van der Waals surface area contributed by atoms with Crippen LogP contribution in [0, 0.1) is 5.41 Å². The SMILES string of the molecule is CC1CN(Cc2ccc(C(=N)N)cc2)CCO1. The molecule has 0 bridgehead atoms. The average molecular weight is 233 g/mol. The second-order valence-electron chi connectivity index (χ2n) is 4.53. The molecule has 1 aromatic rings. The number of morpholine rings is 1. The van der Waals surface area contributed by atoms with Crippen LogP contribution in [0.5, 0.6) is 0 Å². The van der Waals surface area contributed by atoms with Gasteiger partial charge in [0.2, 0.25) is 0 Å². The van der Waals surface area contributed by atoms with Gasteiger partial charge >= 0.3 is 0 Å². The van der Waals surface area contributed by atoms with Crippen molar-refractivity contribution < 1.29 is 4.74 Å². The van der Waals surface area contributed by atoms with E-state index in [2.05, 4.69) is 11.8 Å². The number of nitrogens with two attached hydrogens (primary N) is 1. The van der Waals surface area contributed by atoms with Crippen LogP contribution in [0.25, 0.3) is 0 Å². The zero-order chi connectivity index (χ0) is 12.3. The monoisotopic (exact) mass is 233 g/mol. The molecule has 17 heavy (non-hydrogen) atoms. The summed E-state index contributed by atoms with van der Waals surface area (Å²) in [5.41, 5.74) is 7.46. The van der Waals surface area contributed by atoms with Crippen molar-refractivity contribution in [2.75, 3.05) is 19.7 Å². The van der Waals surface area contributed by atoms with Crippen molar-refractivity contribution in [3.05, 3.63) is 35.4 Å². The molecule has 0 aromatic heterocycles. The summed E-state index contributed by atoms with van der Waals surface area (Å²) in [5.74, 6) is 0.122. The van der Waals surface area contributed by atoms with Gasteiger partial charge in [-0.3, -0.25) is 10.3 Å². The number of amidine groups is 1. The van der Waals surface area contributed by atoms with E-state index in [9.17, 15) is 0 Å². The van der Waals surface area contributed by atoms with Crippen molar-refractivity contribution in [2.45, 2.75) is 19.6 Å². The van der Waals surface area contributed by atoms with E-state index in [0.717, 1.165) is 31.8 Å². The predicted molar refractivity (Wildman–Crippen MR) is 68.1 cm³/mol. The highest BCUT2D eigenvalue weighted by Crippen LogP contribution is 2.11. The highest BCUT2D eigenvalue weighted by molar-refractivity contribution is 5.94. The summed E-state index contributed by atoms with van der Waals surface area (Å²) in [4.78, 5) is 2.39. The molecule has 1 atom stereocenters. The lowest BCUT2D eigenvalue weighted by Crippen LogP contribution is -2.40. The summed E-state index contributed by atoms with van der Waals surface area (Å²) < 4.78 is 5.51. The van der Waals surface area contributed by atoms with Gasteiger partial charge in [-0.05, 0) is 12.5 Å². The van der Waals surface area contributed by atoms with E-state index in [1.54, 1.807) is 0 Å². The molecule has 0 amide bonds. The number of nitrogens with one attached hydrogen (secondary N) is 1. The Morgan fingerprint density at radius 3 is 2.76 bits per heavy atom. The van der Waals surface area contributed by atoms with E-state index >= 15 is 0 Å². The third kappa shape index (κ3) is 3.28. The summed E-state index contributed by atoms with van der Waals surface area (Å²) in [6.45, 7) is 5.82. The molecule has 1 saturated heterocycles. The van der Waals surface area contributed by atoms with Crippen LogP contribution in [-0.2, 0) is 11.3 Å². The van der Waals surface area contributed by atoms with Gasteiger partial charge in [0.25, 0.3) is 0 Å². The van der Waals surface area contributed by atoms with Crippen LogP contribution in [-0.4, -0.2) is 36.5 Å². The molecule has 0 radical (unpaired) electrons. The van der Waals surface area contributed by atoms with Crippen molar-refractivity contribution in [2.24, 2.45) is 5.73 Å². The van der Waals surface area contributed by atoms with E-state index in [1.165, 1.54) is 5.56 Å². The lowest BCUT2D eigenvalue weighted by molar-refractivity contribution is -0.0212. The van der Waals surface area contributed by atoms with Crippen molar-refractivity contribution >= 4 is 5.84 Å². The molecule has 1 fully saturated rings. The molecule has 1 aliphatic rings. The van der Waals surface area contributed by atoms with Gasteiger partial charge in [-0.2, -0.15) is 0 Å². The maximum atomic E-state index is 7.34. The zero-order valence-electron chi connectivity index (χ0n) is 10.1. The maximum absolute atomic E-state index is 7.34. The fourth-order valence-corrected chi connectivity index (χ4v) is 2.08. The zero-order valence-corrected chi connectivity index (χ0v) is 10.1. The standard InChI is InChI=1S/C13H19N3O/c1-10-8-16(6-7-17-10)9-11-2-4-12(5-3-11)13(14)15/h2-5,10H,6-9H2,1H3,(H3,14,15). The first-order valence-corrected chi connectivity index (χ1v) is 5.92. The summed E-state index contributed by atoms with van der Waals surface area (Å²) in [7, 11) is 0. The van der Waals surface area contributed by atoms with Crippen LogP contribution in [0.1, 0.15) is 18.1 Å². The van der Waals surface area contributed by atoms with Crippen LogP contribution < -0.4 is 5.73 Å². The van der Waals surface area contributed by atoms with Crippen LogP contribution in [0.2, 0.25) is 0 Å². The Kier molecular flexibility index (Phi) is 3.76. The van der Waals surface area contributed by atoms with Crippen molar-refractivity contribution in [1.29, 1.82) is 5.41 Å². The molecule has 0 saturated carbocycles. The Hall–Kier alpha value is -1.39. The summed E-state index contributed by atoms with van der Waals surface area (Å²) in [5, 5.41) is 7.34. The van der Waals surface area contributed by atoms with E-state index < -0.39 is 0 Å². The number of ether oxygens (including phenoxy) is 1. The first-order valence-electron chi connectivity index (χ1n) is 5.92. The van der Waals surface area contributed by atoms with Crippen LogP contribution in [0.4, 0.5) is 0 Å². The predicted octanol–water partition coefficient (Wildman–Crippen LogP) is 1.19. The summed E-state index contributed by atoms with van der Waals surface area (Å²) in [6, 6.07) is 7.89. The van der Waals surface area contributed by atoms with Gasteiger partial charge in [0.05, 0.1) is 12.7 Å². The number of nitrogens with zero attached hydrogens (tertiary/aromatic N) is 1. The highest BCUT2D eigenvalue weighted by atomic mass is 16.5. The van der Waals surface area contributed by atoms with Crippen molar-refractivity contribution in [3.8, 4) is 0 Å². The van der Waals surface area contributed by atoms with E-state index in [4.69, 9.17) is 15.9 Å². The topological polar surface area (TPSA) is 62.3 Å². The normalized spacial score (nSPS) is 21.4. The molecule has 4 nitrogen and oxygen atoms in total. The average Bonchev–Trinajstić information content (AvgIpc) is 2.29. The Morgan fingerprint density at radius 1 is 1.47 bits per heavy atom. The van der Waals surface area contributed by atoms with Crippen LogP contribution >= 0.6 is 0 Å². The highest BCUT2D eigenvalue weighted by Gasteiger charge is 2.16. The third-order valence-electron chi connectivity index (χ3n) is 3.00. The fraction of sp³-hybridized carbons (Fsp3) is 0.462. The molecule has 3 N–H and O–H groups in total. The largest absolute Gasteiger partial charge is 0.384 e. The Bertz CT molecular complexity index is 388. The second-order valence-corrected chi connectivity index (χ2v) is 4.53. The summed E-state index contributed by atoms with van der Waals surface area (Å²) in [6.07, 6.45) is 0.320. The van der Waals surface area contributed by atoms with Gasteiger partial charge in [-0.25, -0.2) is 0 Å². The van der Waals surface area contributed by atoms with Gasteiger partial charge in [0.15, 0.2) is 0 Å². The molecule has 0 spiro atoms.